The predicted molar refractivity (Wildman–Crippen MR) is 73.4 cm³/mol. The minimum Gasteiger partial charge on any atom is -0.480 e. The summed E-state index contributed by atoms with van der Waals surface area (Å²) in [5, 5.41) is 21.0. The number of aliphatic hydroxyl groups excluding tert-OH is 1. The quantitative estimate of drug-likeness (QED) is 0.734. The van der Waals surface area contributed by atoms with Crippen molar-refractivity contribution >= 4 is 12.1 Å². The highest BCUT2D eigenvalue weighted by Crippen LogP contribution is 2.27. The molecule has 0 heterocycles. The number of aliphatic hydroxyl groups is 1. The second-order valence-corrected chi connectivity index (χ2v) is 6.45. The maximum atomic E-state index is 11.6. The lowest BCUT2D eigenvalue weighted by Crippen LogP contribution is -2.44. The van der Waals surface area contributed by atoms with Crippen LogP contribution in [0.3, 0.4) is 0 Å². The average molecular weight is 287 g/mol. The molecule has 6 heteroatoms. The highest BCUT2D eigenvalue weighted by Gasteiger charge is 2.28. The van der Waals surface area contributed by atoms with E-state index in [1.54, 1.807) is 20.8 Å². The molecule has 1 amide bonds. The van der Waals surface area contributed by atoms with Crippen LogP contribution < -0.4 is 5.32 Å². The third-order valence-corrected chi connectivity index (χ3v) is 3.37. The summed E-state index contributed by atoms with van der Waals surface area (Å²) >= 11 is 0. The maximum absolute atomic E-state index is 11.6. The Kier molecular flexibility index (Phi) is 5.80. The SMILES string of the molecule is CC(C)(C)OC(=O)N[C@@H](CC1CCC(O)CC1)C(=O)O. The Morgan fingerprint density at radius 1 is 1.25 bits per heavy atom. The molecule has 0 aliphatic heterocycles. The lowest BCUT2D eigenvalue weighted by Gasteiger charge is -2.28. The molecular weight excluding hydrogens is 262 g/mol. The molecule has 0 aromatic carbocycles. The highest BCUT2D eigenvalue weighted by molar-refractivity contribution is 5.80. The summed E-state index contributed by atoms with van der Waals surface area (Å²) in [5.74, 6) is -0.837. The van der Waals surface area contributed by atoms with E-state index in [0.717, 1.165) is 12.8 Å². The fourth-order valence-corrected chi connectivity index (χ4v) is 2.39. The number of hydrogen-bond acceptors (Lipinski definition) is 4. The van der Waals surface area contributed by atoms with Gasteiger partial charge in [-0.2, -0.15) is 0 Å². The van der Waals surface area contributed by atoms with Gasteiger partial charge < -0.3 is 20.3 Å². The zero-order chi connectivity index (χ0) is 15.3. The Balaban J connectivity index is 2.48. The number of carboxylic acids is 1. The first-order chi connectivity index (χ1) is 9.17. The normalized spacial score (nSPS) is 24.8. The van der Waals surface area contributed by atoms with Gasteiger partial charge in [0.05, 0.1) is 6.10 Å². The minimum atomic E-state index is -1.05. The molecule has 1 aliphatic carbocycles. The average Bonchev–Trinajstić information content (AvgIpc) is 2.28. The van der Waals surface area contributed by atoms with E-state index in [9.17, 15) is 19.8 Å². The zero-order valence-corrected chi connectivity index (χ0v) is 12.4. The molecule has 1 saturated carbocycles. The molecule has 0 spiro atoms. The van der Waals surface area contributed by atoms with Crippen LogP contribution in [0.15, 0.2) is 0 Å². The summed E-state index contributed by atoms with van der Waals surface area (Å²) < 4.78 is 5.07. The Morgan fingerprint density at radius 2 is 1.80 bits per heavy atom. The van der Waals surface area contributed by atoms with Crippen molar-refractivity contribution in [2.75, 3.05) is 0 Å². The molecule has 0 bridgehead atoms. The predicted octanol–water partition coefficient (Wildman–Crippen LogP) is 1.91. The Bertz CT molecular complexity index is 342. The molecule has 1 aliphatic rings. The van der Waals surface area contributed by atoms with Gasteiger partial charge in [0.25, 0.3) is 0 Å². The number of hydrogen-bond donors (Lipinski definition) is 3. The largest absolute Gasteiger partial charge is 0.480 e. The van der Waals surface area contributed by atoms with Gasteiger partial charge in [-0.3, -0.25) is 0 Å². The first-order valence-electron chi connectivity index (χ1n) is 7.08. The number of alkyl carbamates (subject to hydrolysis) is 1. The lowest BCUT2D eigenvalue weighted by atomic mass is 9.83. The molecule has 1 rings (SSSR count). The van der Waals surface area contributed by atoms with Gasteiger partial charge in [-0.1, -0.05) is 0 Å². The van der Waals surface area contributed by atoms with Gasteiger partial charge in [-0.15, -0.1) is 0 Å². The number of carbonyl (C=O) groups is 2. The fourth-order valence-electron chi connectivity index (χ4n) is 2.39. The van der Waals surface area contributed by atoms with E-state index in [1.165, 1.54) is 0 Å². The van der Waals surface area contributed by atoms with Crippen LogP contribution in [-0.2, 0) is 9.53 Å². The van der Waals surface area contributed by atoms with E-state index in [1.807, 2.05) is 0 Å². The van der Waals surface area contributed by atoms with Crippen molar-refractivity contribution in [1.82, 2.24) is 5.32 Å². The van der Waals surface area contributed by atoms with E-state index in [-0.39, 0.29) is 12.0 Å². The number of carboxylic acid groups (broad SMARTS) is 1. The van der Waals surface area contributed by atoms with E-state index >= 15 is 0 Å². The van der Waals surface area contributed by atoms with E-state index in [2.05, 4.69) is 5.32 Å². The Morgan fingerprint density at radius 3 is 2.25 bits per heavy atom. The van der Waals surface area contributed by atoms with E-state index < -0.39 is 23.7 Å². The first kappa shape index (κ1) is 16.8. The standard InChI is InChI=1S/C14H25NO5/c1-14(2,3)20-13(19)15-11(12(17)18)8-9-4-6-10(16)7-5-9/h9-11,16H,4-8H2,1-3H3,(H,15,19)(H,17,18)/t9?,10?,11-/m0/s1. The van der Waals surface area contributed by atoms with Crippen LogP contribution >= 0.6 is 0 Å². The fraction of sp³-hybridized carbons (Fsp3) is 0.857. The molecule has 3 N–H and O–H groups in total. The number of carbonyl (C=O) groups excluding carboxylic acids is 1. The van der Waals surface area contributed by atoms with Crippen molar-refractivity contribution in [1.29, 1.82) is 0 Å². The first-order valence-corrected chi connectivity index (χ1v) is 7.08. The van der Waals surface area contributed by atoms with Crippen LogP contribution in [0.5, 0.6) is 0 Å². The summed E-state index contributed by atoms with van der Waals surface area (Å²) in [7, 11) is 0. The van der Waals surface area contributed by atoms with Crippen molar-refractivity contribution in [3.05, 3.63) is 0 Å². The van der Waals surface area contributed by atoms with Gasteiger partial charge in [-0.25, -0.2) is 9.59 Å². The van der Waals surface area contributed by atoms with Crippen molar-refractivity contribution in [3.8, 4) is 0 Å². The van der Waals surface area contributed by atoms with Crippen molar-refractivity contribution < 1.29 is 24.5 Å². The van der Waals surface area contributed by atoms with Gasteiger partial charge >= 0.3 is 12.1 Å². The summed E-state index contributed by atoms with van der Waals surface area (Å²) in [5.41, 5.74) is -0.651. The van der Waals surface area contributed by atoms with Crippen LogP contribution in [0.2, 0.25) is 0 Å². The topological polar surface area (TPSA) is 95.9 Å². The summed E-state index contributed by atoms with van der Waals surface area (Å²) in [6.07, 6.45) is 2.38. The van der Waals surface area contributed by atoms with Crippen LogP contribution in [-0.4, -0.2) is 40.0 Å². The monoisotopic (exact) mass is 287 g/mol. The molecule has 0 unspecified atom stereocenters. The van der Waals surface area contributed by atoms with Gasteiger partial charge in [0.1, 0.15) is 11.6 Å². The molecular formula is C14H25NO5. The second-order valence-electron chi connectivity index (χ2n) is 6.45. The van der Waals surface area contributed by atoms with Gasteiger partial charge in [0.15, 0.2) is 0 Å². The summed E-state index contributed by atoms with van der Waals surface area (Å²) in [4.78, 5) is 22.8. The van der Waals surface area contributed by atoms with Crippen LogP contribution in [0, 0.1) is 5.92 Å². The van der Waals surface area contributed by atoms with Crippen LogP contribution in [0.4, 0.5) is 4.79 Å². The second kappa shape index (κ2) is 6.92. The lowest BCUT2D eigenvalue weighted by molar-refractivity contribution is -0.140. The van der Waals surface area contributed by atoms with Gasteiger partial charge in [-0.05, 0) is 58.8 Å². The maximum Gasteiger partial charge on any atom is 0.408 e. The van der Waals surface area contributed by atoms with Crippen molar-refractivity contribution in [2.45, 2.75) is 70.6 Å². The molecule has 0 aromatic rings. The third-order valence-electron chi connectivity index (χ3n) is 3.37. The Hall–Kier alpha value is -1.30. The summed E-state index contributed by atoms with van der Waals surface area (Å²) in [6.45, 7) is 5.18. The molecule has 0 saturated heterocycles. The number of aliphatic carboxylic acids is 1. The molecule has 6 nitrogen and oxygen atoms in total. The molecule has 0 radical (unpaired) electrons. The van der Waals surface area contributed by atoms with Crippen molar-refractivity contribution in [2.24, 2.45) is 5.92 Å². The van der Waals surface area contributed by atoms with Crippen molar-refractivity contribution in [3.63, 3.8) is 0 Å². The number of ether oxygens (including phenoxy) is 1. The highest BCUT2D eigenvalue weighted by atomic mass is 16.6. The van der Waals surface area contributed by atoms with Gasteiger partial charge in [0, 0.05) is 0 Å². The zero-order valence-electron chi connectivity index (χ0n) is 12.4. The molecule has 1 fully saturated rings. The number of rotatable bonds is 4. The molecule has 20 heavy (non-hydrogen) atoms. The third kappa shape index (κ3) is 6.23. The molecule has 0 aromatic heterocycles. The number of nitrogens with one attached hydrogen (secondary N) is 1. The molecule has 1 atom stereocenters. The van der Waals surface area contributed by atoms with Crippen LogP contribution in [0.25, 0.3) is 0 Å². The van der Waals surface area contributed by atoms with E-state index in [4.69, 9.17) is 4.74 Å². The van der Waals surface area contributed by atoms with Gasteiger partial charge in [0.2, 0.25) is 0 Å². The van der Waals surface area contributed by atoms with E-state index in [0.29, 0.717) is 19.3 Å². The van der Waals surface area contributed by atoms with Crippen LogP contribution in [0.1, 0.15) is 52.9 Å². The smallest absolute Gasteiger partial charge is 0.408 e. The minimum absolute atomic E-state index is 0.217. The number of amides is 1. The Labute approximate surface area is 119 Å². The molecule has 116 valence electrons. The summed E-state index contributed by atoms with van der Waals surface area (Å²) in [6, 6.07) is -0.940.